The van der Waals surface area contributed by atoms with Crippen LogP contribution in [0.15, 0.2) is 6.33 Å². The third-order valence-corrected chi connectivity index (χ3v) is 2.47. The maximum atomic E-state index is 5.85. The molecule has 0 amide bonds. The second kappa shape index (κ2) is 3.71. The van der Waals surface area contributed by atoms with E-state index >= 15 is 0 Å². The van der Waals surface area contributed by atoms with Crippen molar-refractivity contribution in [3.8, 4) is 0 Å². The molecule has 0 aliphatic carbocycles. The minimum Gasteiger partial charge on any atom is -0.382 e. The number of fused-ring (bicyclic) bond motifs is 1. The molecule has 6 nitrogen and oxygen atoms in total. The summed E-state index contributed by atoms with van der Waals surface area (Å²) >= 11 is 0. The van der Waals surface area contributed by atoms with Crippen molar-refractivity contribution < 1.29 is 0 Å². The third kappa shape index (κ3) is 1.51. The van der Waals surface area contributed by atoms with Gasteiger partial charge in [0.05, 0.1) is 11.9 Å². The van der Waals surface area contributed by atoms with Crippen LogP contribution in [0.1, 0.15) is 38.5 Å². The van der Waals surface area contributed by atoms with Gasteiger partial charge in [0.15, 0.2) is 5.82 Å². The van der Waals surface area contributed by atoms with Crippen LogP contribution in [-0.4, -0.2) is 19.7 Å². The van der Waals surface area contributed by atoms with Gasteiger partial charge in [-0.3, -0.25) is 0 Å². The van der Waals surface area contributed by atoms with Gasteiger partial charge in [-0.25, -0.2) is 14.6 Å². The van der Waals surface area contributed by atoms with Crippen molar-refractivity contribution in [1.82, 2.24) is 19.7 Å². The van der Waals surface area contributed by atoms with Crippen LogP contribution in [0.4, 0.5) is 5.82 Å². The quantitative estimate of drug-likeness (QED) is 0.787. The molecule has 0 bridgehead atoms. The first-order valence-corrected chi connectivity index (χ1v) is 5.26. The molecule has 0 spiro atoms. The highest BCUT2D eigenvalue weighted by Crippen LogP contribution is 2.26. The van der Waals surface area contributed by atoms with E-state index in [9.17, 15) is 0 Å². The van der Waals surface area contributed by atoms with Crippen LogP contribution >= 0.6 is 0 Å². The topological polar surface area (TPSA) is 95.6 Å². The molecule has 0 saturated carbocycles. The second-order valence-corrected chi connectivity index (χ2v) is 4.18. The smallest absolute Gasteiger partial charge is 0.153 e. The van der Waals surface area contributed by atoms with Crippen molar-refractivity contribution in [2.24, 2.45) is 5.73 Å². The van der Waals surface area contributed by atoms with Crippen LogP contribution in [0.25, 0.3) is 11.0 Å². The van der Waals surface area contributed by atoms with E-state index in [4.69, 9.17) is 11.5 Å². The number of hydrogen-bond donors (Lipinski definition) is 2. The van der Waals surface area contributed by atoms with Crippen LogP contribution in [-0.2, 0) is 0 Å². The molecule has 0 fully saturated rings. The average molecular weight is 220 g/mol. The minimum atomic E-state index is -0.247. The second-order valence-electron chi connectivity index (χ2n) is 4.18. The standard InChI is InChI=1S/C10H16N6/c1-5(2)7-8-9(10(12)14-4-13-8)16(15-7)6(3)11/h4-6H,11H2,1-3H3,(H2,12,13,14). The lowest BCUT2D eigenvalue weighted by molar-refractivity contribution is 0.517. The van der Waals surface area contributed by atoms with Gasteiger partial charge in [-0.05, 0) is 12.8 Å². The van der Waals surface area contributed by atoms with E-state index in [-0.39, 0.29) is 12.1 Å². The molecule has 0 aliphatic rings. The SMILES string of the molecule is CC(C)c1nn(C(C)N)c2c(N)ncnc12. The van der Waals surface area contributed by atoms with Gasteiger partial charge in [-0.2, -0.15) is 5.10 Å². The molecule has 2 aromatic rings. The van der Waals surface area contributed by atoms with Gasteiger partial charge in [-0.1, -0.05) is 13.8 Å². The molecule has 86 valence electrons. The molecule has 2 rings (SSSR count). The number of nitrogen functional groups attached to an aromatic ring is 1. The normalized spacial score (nSPS) is 13.6. The summed E-state index contributed by atoms with van der Waals surface area (Å²) in [7, 11) is 0. The molecule has 1 unspecified atom stereocenters. The van der Waals surface area contributed by atoms with Gasteiger partial charge in [-0.15, -0.1) is 0 Å². The largest absolute Gasteiger partial charge is 0.382 e. The molecule has 16 heavy (non-hydrogen) atoms. The Morgan fingerprint density at radius 3 is 2.50 bits per heavy atom. The molecular weight excluding hydrogens is 204 g/mol. The summed E-state index contributed by atoms with van der Waals surface area (Å²) in [5.74, 6) is 0.693. The minimum absolute atomic E-state index is 0.247. The van der Waals surface area contributed by atoms with Crippen LogP contribution in [0, 0.1) is 0 Å². The fourth-order valence-electron chi connectivity index (χ4n) is 1.70. The molecule has 6 heteroatoms. The lowest BCUT2D eigenvalue weighted by Gasteiger charge is -2.07. The van der Waals surface area contributed by atoms with Crippen LogP contribution < -0.4 is 11.5 Å². The molecule has 0 aromatic carbocycles. The average Bonchev–Trinajstić information content (AvgIpc) is 2.58. The predicted octanol–water partition coefficient (Wildman–Crippen LogP) is 1.01. The lowest BCUT2D eigenvalue weighted by Crippen LogP contribution is -2.17. The first-order chi connectivity index (χ1) is 7.52. The van der Waals surface area contributed by atoms with Crippen molar-refractivity contribution in [2.75, 3.05) is 5.73 Å². The van der Waals surface area contributed by atoms with E-state index in [1.54, 1.807) is 4.68 Å². The number of nitrogens with zero attached hydrogens (tertiary/aromatic N) is 4. The summed E-state index contributed by atoms with van der Waals surface area (Å²) in [6, 6.07) is 0. The molecular formula is C10H16N6. The van der Waals surface area contributed by atoms with Crippen molar-refractivity contribution in [2.45, 2.75) is 32.9 Å². The van der Waals surface area contributed by atoms with Gasteiger partial charge in [0, 0.05) is 0 Å². The Kier molecular flexibility index (Phi) is 2.51. The van der Waals surface area contributed by atoms with E-state index in [1.165, 1.54) is 6.33 Å². The Labute approximate surface area is 93.7 Å². The van der Waals surface area contributed by atoms with E-state index in [1.807, 2.05) is 6.92 Å². The maximum Gasteiger partial charge on any atom is 0.153 e. The summed E-state index contributed by atoms with van der Waals surface area (Å²) in [5.41, 5.74) is 14.1. The number of rotatable bonds is 2. The highest BCUT2D eigenvalue weighted by molar-refractivity contribution is 5.86. The van der Waals surface area contributed by atoms with E-state index in [2.05, 4.69) is 28.9 Å². The zero-order chi connectivity index (χ0) is 11.9. The van der Waals surface area contributed by atoms with Gasteiger partial charge < -0.3 is 11.5 Å². The van der Waals surface area contributed by atoms with E-state index < -0.39 is 0 Å². The van der Waals surface area contributed by atoms with Crippen LogP contribution in [0.2, 0.25) is 0 Å². The Hall–Kier alpha value is -1.69. The van der Waals surface area contributed by atoms with E-state index in [0.717, 1.165) is 16.7 Å². The summed E-state index contributed by atoms with van der Waals surface area (Å²) in [6.45, 7) is 5.97. The maximum absolute atomic E-state index is 5.85. The molecule has 4 N–H and O–H groups in total. The number of aromatic nitrogens is 4. The summed E-state index contributed by atoms with van der Waals surface area (Å²) in [5, 5.41) is 4.46. The lowest BCUT2D eigenvalue weighted by atomic mass is 10.1. The van der Waals surface area contributed by atoms with Crippen molar-refractivity contribution in [1.29, 1.82) is 0 Å². The zero-order valence-corrected chi connectivity index (χ0v) is 9.68. The predicted molar refractivity (Wildman–Crippen MR) is 62.7 cm³/mol. The van der Waals surface area contributed by atoms with Gasteiger partial charge in [0.2, 0.25) is 0 Å². The van der Waals surface area contributed by atoms with Gasteiger partial charge in [0.1, 0.15) is 17.4 Å². The zero-order valence-electron chi connectivity index (χ0n) is 9.68. The molecule has 2 aromatic heterocycles. The molecule has 0 saturated heterocycles. The highest BCUT2D eigenvalue weighted by atomic mass is 15.3. The number of nitrogens with two attached hydrogens (primary N) is 2. The molecule has 0 radical (unpaired) electrons. The third-order valence-electron chi connectivity index (χ3n) is 2.47. The molecule has 0 aliphatic heterocycles. The Morgan fingerprint density at radius 2 is 1.94 bits per heavy atom. The van der Waals surface area contributed by atoms with Gasteiger partial charge >= 0.3 is 0 Å². The van der Waals surface area contributed by atoms with E-state index in [0.29, 0.717) is 5.82 Å². The molecule has 2 heterocycles. The first kappa shape index (κ1) is 10.8. The van der Waals surface area contributed by atoms with Crippen LogP contribution in [0.5, 0.6) is 0 Å². The number of anilines is 1. The Morgan fingerprint density at radius 1 is 1.25 bits per heavy atom. The molecule has 1 atom stereocenters. The number of hydrogen-bond acceptors (Lipinski definition) is 5. The van der Waals surface area contributed by atoms with Crippen molar-refractivity contribution in [3.63, 3.8) is 0 Å². The Balaban J connectivity index is 2.82. The fraction of sp³-hybridized carbons (Fsp3) is 0.500. The monoisotopic (exact) mass is 220 g/mol. The fourth-order valence-corrected chi connectivity index (χ4v) is 1.70. The van der Waals surface area contributed by atoms with Crippen LogP contribution in [0.3, 0.4) is 0 Å². The Bertz CT molecular complexity index is 513. The van der Waals surface area contributed by atoms with Crippen molar-refractivity contribution >= 4 is 16.9 Å². The summed E-state index contributed by atoms with van der Waals surface area (Å²) < 4.78 is 1.68. The highest BCUT2D eigenvalue weighted by Gasteiger charge is 2.18. The van der Waals surface area contributed by atoms with Gasteiger partial charge in [0.25, 0.3) is 0 Å². The van der Waals surface area contributed by atoms with Crippen molar-refractivity contribution in [3.05, 3.63) is 12.0 Å². The summed E-state index contributed by atoms with van der Waals surface area (Å²) in [6.07, 6.45) is 1.21. The first-order valence-electron chi connectivity index (χ1n) is 5.26. The summed E-state index contributed by atoms with van der Waals surface area (Å²) in [4.78, 5) is 8.21.